The molecule has 4 nitrogen and oxygen atoms in total. The quantitative estimate of drug-likeness (QED) is 0.856. The molecule has 1 heterocycles. The number of hydrogen-bond acceptors (Lipinski definition) is 3. The lowest BCUT2D eigenvalue weighted by molar-refractivity contribution is -0.137. The fourth-order valence-corrected chi connectivity index (χ4v) is 1.91. The zero-order chi connectivity index (χ0) is 12.3. The second-order valence-electron chi connectivity index (χ2n) is 4.20. The maximum atomic E-state index is 10.6. The predicted octanol–water partition coefficient (Wildman–Crippen LogP) is 1.53. The molecule has 0 aromatic heterocycles. The second kappa shape index (κ2) is 4.99. The maximum Gasteiger partial charge on any atom is 0.305 e. The zero-order valence-electron chi connectivity index (χ0n) is 9.89. The van der Waals surface area contributed by atoms with E-state index in [2.05, 4.69) is 4.99 Å². The molecule has 0 aliphatic carbocycles. The molecule has 4 heteroatoms. The van der Waals surface area contributed by atoms with Crippen LogP contribution in [0.2, 0.25) is 0 Å². The molecule has 1 N–H and O–H groups in total. The van der Waals surface area contributed by atoms with Gasteiger partial charge in [-0.3, -0.25) is 9.79 Å². The highest BCUT2D eigenvalue weighted by atomic mass is 16.4. The zero-order valence-corrected chi connectivity index (χ0v) is 9.89. The first-order valence-electron chi connectivity index (χ1n) is 5.75. The summed E-state index contributed by atoms with van der Waals surface area (Å²) in [6, 6.07) is 8.16. The van der Waals surface area contributed by atoms with Gasteiger partial charge in [0.15, 0.2) is 0 Å². The van der Waals surface area contributed by atoms with Gasteiger partial charge in [0.05, 0.1) is 13.0 Å². The van der Waals surface area contributed by atoms with Crippen LogP contribution in [0.15, 0.2) is 29.3 Å². The lowest BCUT2D eigenvalue weighted by Gasteiger charge is -2.19. The molecule has 1 aliphatic rings. The van der Waals surface area contributed by atoms with Crippen molar-refractivity contribution in [3.8, 4) is 0 Å². The Kier molecular flexibility index (Phi) is 3.42. The molecule has 0 saturated carbocycles. The van der Waals surface area contributed by atoms with Crippen molar-refractivity contribution in [3.05, 3.63) is 35.4 Å². The molecule has 0 spiro atoms. The number of aliphatic carboxylic acids is 1. The van der Waals surface area contributed by atoms with Crippen molar-refractivity contribution in [1.29, 1.82) is 0 Å². The standard InChI is InChI=1S/C13H16N2O2/c1-10-2-4-11(5-3-10)13-14-7-9-15(13)8-6-12(16)17/h2-5H,6-9H2,1H3,(H,16,17). The van der Waals surface area contributed by atoms with E-state index in [-0.39, 0.29) is 6.42 Å². The molecule has 0 radical (unpaired) electrons. The smallest absolute Gasteiger partial charge is 0.305 e. The molecule has 0 bridgehead atoms. The number of hydrogen-bond donors (Lipinski definition) is 1. The Labute approximate surface area is 101 Å². The molecule has 17 heavy (non-hydrogen) atoms. The lowest BCUT2D eigenvalue weighted by Crippen LogP contribution is -2.30. The fraction of sp³-hybridized carbons (Fsp3) is 0.385. The molecule has 1 aliphatic heterocycles. The molecule has 1 aromatic carbocycles. The Hall–Kier alpha value is -1.84. The van der Waals surface area contributed by atoms with E-state index in [4.69, 9.17) is 5.11 Å². The highest BCUT2D eigenvalue weighted by Gasteiger charge is 2.18. The van der Waals surface area contributed by atoms with Crippen molar-refractivity contribution >= 4 is 11.8 Å². The summed E-state index contributed by atoms with van der Waals surface area (Å²) < 4.78 is 0. The molecular weight excluding hydrogens is 216 g/mol. The topological polar surface area (TPSA) is 52.9 Å². The van der Waals surface area contributed by atoms with Crippen LogP contribution in [0, 0.1) is 6.92 Å². The molecular formula is C13H16N2O2. The van der Waals surface area contributed by atoms with Gasteiger partial charge in [-0.2, -0.15) is 0 Å². The summed E-state index contributed by atoms with van der Waals surface area (Å²) in [7, 11) is 0. The summed E-state index contributed by atoms with van der Waals surface area (Å²) in [5.74, 6) is 0.159. The molecule has 90 valence electrons. The van der Waals surface area contributed by atoms with Gasteiger partial charge in [0, 0.05) is 18.7 Å². The van der Waals surface area contributed by atoms with Gasteiger partial charge in [-0.15, -0.1) is 0 Å². The third kappa shape index (κ3) is 2.84. The summed E-state index contributed by atoms with van der Waals surface area (Å²) in [6.07, 6.45) is 0.158. The molecule has 0 amide bonds. The molecule has 0 atom stereocenters. The van der Waals surface area contributed by atoms with Crippen LogP contribution in [0.4, 0.5) is 0 Å². The summed E-state index contributed by atoms with van der Waals surface area (Å²) >= 11 is 0. The van der Waals surface area contributed by atoms with Crippen LogP contribution >= 0.6 is 0 Å². The van der Waals surface area contributed by atoms with Gasteiger partial charge in [-0.05, 0) is 6.92 Å². The van der Waals surface area contributed by atoms with Crippen LogP contribution in [0.1, 0.15) is 17.5 Å². The Morgan fingerprint density at radius 1 is 1.41 bits per heavy atom. The first-order valence-corrected chi connectivity index (χ1v) is 5.75. The van der Waals surface area contributed by atoms with Gasteiger partial charge in [0.1, 0.15) is 5.84 Å². The van der Waals surface area contributed by atoms with Crippen molar-refractivity contribution in [2.45, 2.75) is 13.3 Å². The maximum absolute atomic E-state index is 10.6. The SMILES string of the molecule is Cc1ccc(C2=NCCN2CCC(=O)O)cc1. The van der Waals surface area contributed by atoms with Crippen molar-refractivity contribution < 1.29 is 9.90 Å². The van der Waals surface area contributed by atoms with Crippen molar-refractivity contribution in [3.63, 3.8) is 0 Å². The number of rotatable bonds is 4. The van der Waals surface area contributed by atoms with Crippen molar-refractivity contribution in [1.82, 2.24) is 4.90 Å². The first kappa shape index (κ1) is 11.6. The number of carboxylic acids is 1. The summed E-state index contributed by atoms with van der Waals surface area (Å²) in [4.78, 5) is 17.1. The van der Waals surface area contributed by atoms with Crippen LogP contribution in [0.3, 0.4) is 0 Å². The Morgan fingerprint density at radius 3 is 2.76 bits per heavy atom. The van der Waals surface area contributed by atoms with E-state index in [1.165, 1.54) is 5.56 Å². The normalized spacial score (nSPS) is 14.9. The monoisotopic (exact) mass is 232 g/mol. The van der Waals surface area contributed by atoms with E-state index in [1.54, 1.807) is 0 Å². The molecule has 0 fully saturated rings. The van der Waals surface area contributed by atoms with E-state index < -0.39 is 5.97 Å². The van der Waals surface area contributed by atoms with E-state index in [1.807, 2.05) is 36.1 Å². The minimum absolute atomic E-state index is 0.158. The van der Waals surface area contributed by atoms with E-state index in [0.29, 0.717) is 6.54 Å². The average molecular weight is 232 g/mol. The predicted molar refractivity (Wildman–Crippen MR) is 66.4 cm³/mol. The summed E-state index contributed by atoms with van der Waals surface area (Å²) in [6.45, 7) is 4.14. The first-order chi connectivity index (χ1) is 8.16. The van der Waals surface area contributed by atoms with E-state index in [0.717, 1.165) is 24.5 Å². The fourth-order valence-electron chi connectivity index (χ4n) is 1.91. The largest absolute Gasteiger partial charge is 0.481 e. The van der Waals surface area contributed by atoms with Gasteiger partial charge in [0.2, 0.25) is 0 Å². The van der Waals surface area contributed by atoms with Crippen LogP contribution in [-0.2, 0) is 4.79 Å². The van der Waals surface area contributed by atoms with Gasteiger partial charge < -0.3 is 10.0 Å². The van der Waals surface area contributed by atoms with Crippen LogP contribution in [0.5, 0.6) is 0 Å². The van der Waals surface area contributed by atoms with E-state index in [9.17, 15) is 4.79 Å². The van der Waals surface area contributed by atoms with Crippen molar-refractivity contribution in [2.75, 3.05) is 19.6 Å². The molecule has 2 rings (SSSR count). The van der Waals surface area contributed by atoms with Gasteiger partial charge in [-0.1, -0.05) is 29.8 Å². The summed E-state index contributed by atoms with van der Waals surface area (Å²) in [5.41, 5.74) is 2.28. The molecule has 0 unspecified atom stereocenters. The van der Waals surface area contributed by atoms with E-state index >= 15 is 0 Å². The number of amidine groups is 1. The average Bonchev–Trinajstić information content (AvgIpc) is 2.75. The van der Waals surface area contributed by atoms with Gasteiger partial charge >= 0.3 is 5.97 Å². The number of aryl methyl sites for hydroxylation is 1. The third-order valence-corrected chi connectivity index (χ3v) is 2.84. The number of nitrogens with zero attached hydrogens (tertiary/aromatic N) is 2. The minimum Gasteiger partial charge on any atom is -0.481 e. The minimum atomic E-state index is -0.764. The Morgan fingerprint density at radius 2 is 2.12 bits per heavy atom. The highest BCUT2D eigenvalue weighted by Crippen LogP contribution is 2.12. The second-order valence-corrected chi connectivity index (χ2v) is 4.20. The number of aliphatic imine (C=N–C) groups is 1. The Balaban J connectivity index is 2.09. The molecule has 0 saturated heterocycles. The number of carboxylic acid groups (broad SMARTS) is 1. The van der Waals surface area contributed by atoms with Gasteiger partial charge in [-0.25, -0.2) is 0 Å². The summed E-state index contributed by atoms with van der Waals surface area (Å²) in [5, 5.41) is 8.70. The van der Waals surface area contributed by atoms with Crippen LogP contribution in [0.25, 0.3) is 0 Å². The van der Waals surface area contributed by atoms with Crippen LogP contribution < -0.4 is 0 Å². The van der Waals surface area contributed by atoms with Crippen LogP contribution in [-0.4, -0.2) is 41.4 Å². The Bertz CT molecular complexity index is 437. The highest BCUT2D eigenvalue weighted by molar-refractivity contribution is 5.99. The van der Waals surface area contributed by atoms with Gasteiger partial charge in [0.25, 0.3) is 0 Å². The molecule has 1 aromatic rings. The number of benzene rings is 1. The van der Waals surface area contributed by atoms with Crippen molar-refractivity contribution in [2.24, 2.45) is 4.99 Å². The third-order valence-electron chi connectivity index (χ3n) is 2.84. The lowest BCUT2D eigenvalue weighted by atomic mass is 10.1. The number of carbonyl (C=O) groups is 1.